The van der Waals surface area contributed by atoms with Crippen LogP contribution < -0.4 is 9.64 Å². The molecule has 0 aliphatic carbocycles. The van der Waals surface area contributed by atoms with Crippen LogP contribution in [0.4, 0.5) is 21.9 Å². The van der Waals surface area contributed by atoms with Gasteiger partial charge in [-0.15, -0.1) is 0 Å². The van der Waals surface area contributed by atoms with Crippen molar-refractivity contribution in [2.24, 2.45) is 0 Å². The van der Waals surface area contributed by atoms with Crippen molar-refractivity contribution in [3.05, 3.63) is 102 Å². The zero-order valence-electron chi connectivity index (χ0n) is 16.9. The molecule has 170 valence electrons. The minimum absolute atomic E-state index is 0.120. The maximum absolute atomic E-state index is 12.9. The number of thioether (sulfide) groups is 1. The van der Waals surface area contributed by atoms with Gasteiger partial charge in [-0.25, -0.2) is 4.90 Å². The number of benzene rings is 3. The van der Waals surface area contributed by atoms with Crippen molar-refractivity contribution in [3.63, 3.8) is 0 Å². The van der Waals surface area contributed by atoms with E-state index in [0.717, 1.165) is 34.9 Å². The molecule has 3 aromatic carbocycles. The molecule has 0 aromatic heterocycles. The smallest absolute Gasteiger partial charge is 0.318 e. The first-order valence-electron chi connectivity index (χ1n) is 9.48. The summed E-state index contributed by atoms with van der Waals surface area (Å²) >= 11 is 6.60. The molecular weight excluding hydrogens is 486 g/mol. The van der Waals surface area contributed by atoms with E-state index < -0.39 is 32.4 Å². The highest BCUT2D eigenvalue weighted by Gasteiger charge is 2.36. The first-order valence-corrected chi connectivity index (χ1v) is 10.7. The van der Waals surface area contributed by atoms with Crippen molar-refractivity contribution in [1.82, 2.24) is 0 Å². The molecule has 1 saturated heterocycles. The van der Waals surface area contributed by atoms with E-state index in [2.05, 4.69) is 0 Å². The number of anilines is 1. The Morgan fingerprint density at radius 2 is 1.62 bits per heavy atom. The van der Waals surface area contributed by atoms with Crippen molar-refractivity contribution in [2.45, 2.75) is 0 Å². The van der Waals surface area contributed by atoms with Gasteiger partial charge in [0.2, 0.25) is 5.75 Å². The van der Waals surface area contributed by atoms with Crippen LogP contribution in [0.1, 0.15) is 5.56 Å². The fourth-order valence-electron chi connectivity index (χ4n) is 3.08. The van der Waals surface area contributed by atoms with Gasteiger partial charge in [0, 0.05) is 16.7 Å². The molecule has 1 heterocycles. The van der Waals surface area contributed by atoms with Crippen LogP contribution in [0.5, 0.6) is 11.5 Å². The topological polar surface area (TPSA) is 133 Å². The minimum Gasteiger partial charge on any atom is -0.449 e. The maximum Gasteiger partial charge on any atom is 0.318 e. The molecule has 0 unspecified atom stereocenters. The summed E-state index contributed by atoms with van der Waals surface area (Å²) in [6.45, 7) is 0. The lowest BCUT2D eigenvalue weighted by molar-refractivity contribution is -0.394. The van der Waals surface area contributed by atoms with Crippen LogP contribution in [-0.4, -0.2) is 21.0 Å². The van der Waals surface area contributed by atoms with Crippen LogP contribution in [0.2, 0.25) is 5.02 Å². The van der Waals surface area contributed by atoms with Crippen molar-refractivity contribution >= 4 is 57.6 Å². The van der Waals surface area contributed by atoms with Gasteiger partial charge >= 0.3 is 5.69 Å². The van der Waals surface area contributed by atoms with E-state index in [1.54, 1.807) is 42.5 Å². The molecular formula is C22H12ClN3O7S. The zero-order valence-corrected chi connectivity index (χ0v) is 18.5. The first kappa shape index (κ1) is 23.0. The monoisotopic (exact) mass is 497 g/mol. The van der Waals surface area contributed by atoms with Gasteiger partial charge in [0.05, 0.1) is 26.5 Å². The number of imide groups is 1. The van der Waals surface area contributed by atoms with Crippen LogP contribution in [0.15, 0.2) is 71.6 Å². The van der Waals surface area contributed by atoms with Gasteiger partial charge in [-0.1, -0.05) is 29.8 Å². The van der Waals surface area contributed by atoms with Crippen molar-refractivity contribution in [2.75, 3.05) is 4.90 Å². The Morgan fingerprint density at radius 3 is 2.29 bits per heavy atom. The molecule has 0 N–H and O–H groups in total. The molecule has 34 heavy (non-hydrogen) atoms. The maximum atomic E-state index is 12.9. The number of carbonyl (C=O) groups is 2. The van der Waals surface area contributed by atoms with E-state index in [0.29, 0.717) is 16.3 Å². The zero-order chi connectivity index (χ0) is 24.4. The lowest BCUT2D eigenvalue weighted by Crippen LogP contribution is -2.27. The molecule has 0 spiro atoms. The minimum atomic E-state index is -0.789. The Kier molecular flexibility index (Phi) is 6.30. The van der Waals surface area contributed by atoms with Crippen molar-refractivity contribution < 1.29 is 24.2 Å². The standard InChI is InChI=1S/C22H12ClN3O7S/c23-14-5-7-15(8-6-14)24-21(27)20(34-22(24)28)11-13-3-1-2-4-18(13)33-19-10-9-16(25(29)30)12-17(19)26(31)32/h1-12H/b20-11-. The Labute approximate surface area is 200 Å². The number of carbonyl (C=O) groups excluding carboxylic acids is 2. The quantitative estimate of drug-likeness (QED) is 0.223. The van der Waals surface area contributed by atoms with Gasteiger partial charge in [0.15, 0.2) is 0 Å². The summed E-state index contributed by atoms with van der Waals surface area (Å²) in [5.41, 5.74) is -0.312. The van der Waals surface area contributed by atoms with Gasteiger partial charge in [0.1, 0.15) is 5.75 Å². The fraction of sp³-hybridized carbons (Fsp3) is 0. The number of hydrogen-bond acceptors (Lipinski definition) is 8. The lowest BCUT2D eigenvalue weighted by atomic mass is 10.1. The van der Waals surface area contributed by atoms with E-state index in [1.165, 1.54) is 12.1 Å². The van der Waals surface area contributed by atoms with Crippen LogP contribution in [-0.2, 0) is 4.79 Å². The Hall–Kier alpha value is -4.22. The normalized spacial score (nSPS) is 14.5. The van der Waals surface area contributed by atoms with E-state index in [4.69, 9.17) is 16.3 Å². The third-order valence-corrected chi connectivity index (χ3v) is 5.78. The average molecular weight is 498 g/mol. The van der Waals surface area contributed by atoms with Crippen LogP contribution in [0.25, 0.3) is 6.08 Å². The molecule has 2 amide bonds. The Balaban J connectivity index is 1.67. The van der Waals surface area contributed by atoms with Gasteiger partial charge in [0.25, 0.3) is 16.8 Å². The number of nitro benzene ring substituents is 2. The number of rotatable bonds is 6. The third-order valence-electron chi connectivity index (χ3n) is 4.65. The van der Waals surface area contributed by atoms with E-state index in [9.17, 15) is 29.8 Å². The number of halogens is 1. The predicted molar refractivity (Wildman–Crippen MR) is 126 cm³/mol. The van der Waals surface area contributed by atoms with E-state index in [-0.39, 0.29) is 16.4 Å². The van der Waals surface area contributed by atoms with Crippen LogP contribution in [0, 0.1) is 20.2 Å². The fourth-order valence-corrected chi connectivity index (χ4v) is 4.04. The number of ether oxygens (including phenoxy) is 1. The SMILES string of the molecule is O=C1S/C(=C\c2ccccc2Oc2ccc([N+](=O)[O-])cc2[N+](=O)[O-])C(=O)N1c1ccc(Cl)cc1. The molecule has 1 fully saturated rings. The Morgan fingerprint density at radius 1 is 0.912 bits per heavy atom. The molecule has 12 heteroatoms. The van der Waals surface area contributed by atoms with Crippen LogP contribution >= 0.6 is 23.4 Å². The summed E-state index contributed by atoms with van der Waals surface area (Å²) in [6.07, 6.45) is 1.44. The second-order valence-electron chi connectivity index (χ2n) is 6.80. The highest BCUT2D eigenvalue weighted by atomic mass is 35.5. The molecule has 1 aliphatic rings. The van der Waals surface area contributed by atoms with Gasteiger partial charge in [-0.3, -0.25) is 29.8 Å². The summed E-state index contributed by atoms with van der Waals surface area (Å²) < 4.78 is 5.69. The number of nitro groups is 2. The molecule has 1 aliphatic heterocycles. The third kappa shape index (κ3) is 4.60. The molecule has 0 bridgehead atoms. The van der Waals surface area contributed by atoms with E-state index in [1.807, 2.05) is 0 Å². The number of hydrogen-bond donors (Lipinski definition) is 0. The molecule has 4 rings (SSSR count). The van der Waals surface area contributed by atoms with Gasteiger partial charge in [-0.05, 0) is 54.2 Å². The summed E-state index contributed by atoms with van der Waals surface area (Å²) in [6, 6.07) is 15.6. The average Bonchev–Trinajstić information content (AvgIpc) is 3.08. The molecule has 0 saturated carbocycles. The summed E-state index contributed by atoms with van der Waals surface area (Å²) in [4.78, 5) is 47.4. The second-order valence-corrected chi connectivity index (χ2v) is 8.23. The summed E-state index contributed by atoms with van der Waals surface area (Å²) in [7, 11) is 0. The second kappa shape index (κ2) is 9.33. The van der Waals surface area contributed by atoms with Crippen LogP contribution in [0.3, 0.4) is 0 Å². The highest BCUT2D eigenvalue weighted by molar-refractivity contribution is 8.19. The highest BCUT2D eigenvalue weighted by Crippen LogP contribution is 2.39. The van der Waals surface area contributed by atoms with Gasteiger partial charge in [-0.2, -0.15) is 0 Å². The molecule has 3 aromatic rings. The predicted octanol–water partition coefficient (Wildman–Crippen LogP) is 6.19. The number of amides is 2. The molecule has 0 atom stereocenters. The first-order chi connectivity index (χ1) is 16.2. The van der Waals surface area contributed by atoms with E-state index >= 15 is 0 Å². The molecule has 0 radical (unpaired) electrons. The van der Waals surface area contributed by atoms with Crippen molar-refractivity contribution in [3.8, 4) is 11.5 Å². The summed E-state index contributed by atoms with van der Waals surface area (Å²) in [5.74, 6) is -0.614. The largest absolute Gasteiger partial charge is 0.449 e. The lowest BCUT2D eigenvalue weighted by Gasteiger charge is -2.12. The van der Waals surface area contributed by atoms with Crippen molar-refractivity contribution in [1.29, 1.82) is 0 Å². The number of non-ortho nitro benzene ring substituents is 1. The van der Waals surface area contributed by atoms with Gasteiger partial charge < -0.3 is 4.74 Å². The summed E-state index contributed by atoms with van der Waals surface area (Å²) in [5, 5.41) is 22.3. The number of nitrogens with zero attached hydrogens (tertiary/aromatic N) is 3. The molecule has 10 nitrogen and oxygen atoms in total. The Bertz CT molecular complexity index is 1380. The number of para-hydroxylation sites is 1.